The Labute approximate surface area is 102 Å². The molecule has 0 aromatic heterocycles. The first-order chi connectivity index (χ1) is 8.02. The molecular formula is C11H22N3O3+. The van der Waals surface area contributed by atoms with Crippen LogP contribution in [0.25, 0.3) is 0 Å². The van der Waals surface area contributed by atoms with Gasteiger partial charge in [-0.25, -0.2) is 9.59 Å². The molecule has 0 aromatic carbocycles. The van der Waals surface area contributed by atoms with Gasteiger partial charge in [-0.1, -0.05) is 0 Å². The summed E-state index contributed by atoms with van der Waals surface area (Å²) >= 11 is 0. The summed E-state index contributed by atoms with van der Waals surface area (Å²) in [6, 6.07) is -0.444. The van der Waals surface area contributed by atoms with Crippen LogP contribution in [0.4, 0.5) is 0 Å². The van der Waals surface area contributed by atoms with Crippen molar-refractivity contribution in [3.8, 4) is 0 Å². The Hall–Kier alpha value is -0.980. The highest BCUT2D eigenvalue weighted by Gasteiger charge is 2.28. The van der Waals surface area contributed by atoms with Gasteiger partial charge in [0.1, 0.15) is 0 Å². The van der Waals surface area contributed by atoms with Crippen LogP contribution in [0.5, 0.6) is 0 Å². The van der Waals surface area contributed by atoms with Crippen molar-refractivity contribution in [2.24, 2.45) is 0 Å². The number of hydrogen-bond acceptors (Lipinski definition) is 5. The fourth-order valence-corrected chi connectivity index (χ4v) is 1.94. The lowest BCUT2D eigenvalue weighted by Crippen LogP contribution is -2.96. The van der Waals surface area contributed by atoms with Gasteiger partial charge in [0, 0.05) is 26.2 Å². The highest BCUT2D eigenvalue weighted by atomic mass is 16.5. The van der Waals surface area contributed by atoms with Gasteiger partial charge in [0.2, 0.25) is 6.04 Å². The molecule has 6 heteroatoms. The fraction of sp³-hybridized carbons (Fsp3) is 0.818. The predicted octanol–water partition coefficient (Wildman–Crippen LogP) is -2.11. The molecule has 6 nitrogen and oxygen atoms in total. The van der Waals surface area contributed by atoms with Gasteiger partial charge in [-0.2, -0.15) is 0 Å². The fourth-order valence-electron chi connectivity index (χ4n) is 1.94. The molecule has 1 rings (SSSR count). The number of carbonyl (C=O) groups excluding carboxylic acids is 2. The smallest absolute Gasteiger partial charge is 0.366 e. The second kappa shape index (κ2) is 6.68. The zero-order chi connectivity index (χ0) is 12.8. The molecule has 1 unspecified atom stereocenters. The van der Waals surface area contributed by atoms with E-state index in [1.54, 1.807) is 0 Å². The largest absolute Gasteiger partial charge is 0.465 e. The van der Waals surface area contributed by atoms with E-state index >= 15 is 0 Å². The summed E-state index contributed by atoms with van der Waals surface area (Å²) in [4.78, 5) is 27.1. The third-order valence-corrected chi connectivity index (χ3v) is 2.99. The first-order valence-corrected chi connectivity index (χ1v) is 5.87. The van der Waals surface area contributed by atoms with Crippen LogP contribution in [0.2, 0.25) is 0 Å². The van der Waals surface area contributed by atoms with E-state index < -0.39 is 6.04 Å². The Bertz CT molecular complexity index is 275. The van der Waals surface area contributed by atoms with E-state index in [-0.39, 0.29) is 11.9 Å². The number of methoxy groups -OCH3 is 1. The standard InChI is InChI=1S/C11H21N3O3/c1-9(15)12-10(11(16)17-3)8-14-6-4-13(2)5-7-14/h10H,4-8H2,1-3H3,(H,12,15)/p+1. The van der Waals surface area contributed by atoms with Crippen LogP contribution < -0.4 is 5.32 Å². The SMILES string of the molecule is COC(=O)C(CN1CCN(C)CC1)[NH2+]C(C)=O. The van der Waals surface area contributed by atoms with Gasteiger partial charge in [-0.05, 0) is 7.05 Å². The molecule has 1 heterocycles. The second-order valence-electron chi connectivity index (χ2n) is 4.51. The number of ether oxygens (including phenoxy) is 1. The topological polar surface area (TPSA) is 66.5 Å². The summed E-state index contributed by atoms with van der Waals surface area (Å²) in [6.07, 6.45) is 0. The third kappa shape index (κ3) is 4.80. The number of carbonyl (C=O) groups is 2. The summed E-state index contributed by atoms with van der Waals surface area (Å²) in [6.45, 7) is 5.87. The number of nitrogens with two attached hydrogens (primary N) is 1. The lowest BCUT2D eigenvalue weighted by molar-refractivity contribution is -0.593. The third-order valence-electron chi connectivity index (χ3n) is 2.99. The minimum atomic E-state index is -0.444. The number of rotatable bonds is 4. The molecular weight excluding hydrogens is 222 g/mol. The van der Waals surface area contributed by atoms with E-state index in [1.165, 1.54) is 19.4 Å². The number of hydrogen-bond donors (Lipinski definition) is 1. The summed E-state index contributed by atoms with van der Waals surface area (Å²) in [7, 11) is 3.43. The average Bonchev–Trinajstić information content (AvgIpc) is 2.29. The number of piperazine rings is 1. The van der Waals surface area contributed by atoms with Crippen molar-refractivity contribution in [1.29, 1.82) is 0 Å². The van der Waals surface area contributed by atoms with Crippen molar-refractivity contribution in [3.05, 3.63) is 0 Å². The first kappa shape index (κ1) is 14.1. The lowest BCUT2D eigenvalue weighted by atomic mass is 10.2. The van der Waals surface area contributed by atoms with Crippen molar-refractivity contribution in [2.75, 3.05) is 46.9 Å². The van der Waals surface area contributed by atoms with E-state index in [9.17, 15) is 9.59 Å². The molecule has 1 fully saturated rings. The Morgan fingerprint density at radius 2 is 1.88 bits per heavy atom. The second-order valence-corrected chi connectivity index (χ2v) is 4.51. The average molecular weight is 244 g/mol. The molecule has 1 aliphatic rings. The van der Waals surface area contributed by atoms with Gasteiger partial charge in [0.25, 0.3) is 0 Å². The highest BCUT2D eigenvalue weighted by Crippen LogP contribution is 1.99. The molecule has 0 saturated carbocycles. The van der Waals surface area contributed by atoms with Crippen molar-refractivity contribution in [2.45, 2.75) is 13.0 Å². The molecule has 98 valence electrons. The zero-order valence-corrected chi connectivity index (χ0v) is 10.8. The van der Waals surface area contributed by atoms with Crippen LogP contribution in [0, 0.1) is 0 Å². The van der Waals surface area contributed by atoms with E-state index in [1.807, 2.05) is 0 Å². The number of nitrogens with zero attached hydrogens (tertiary/aromatic N) is 2. The maximum Gasteiger partial charge on any atom is 0.366 e. The number of quaternary nitrogens is 1. The van der Waals surface area contributed by atoms with Gasteiger partial charge in [-0.15, -0.1) is 0 Å². The normalized spacial score (nSPS) is 19.9. The molecule has 17 heavy (non-hydrogen) atoms. The van der Waals surface area contributed by atoms with Crippen molar-refractivity contribution >= 4 is 11.9 Å². The maximum absolute atomic E-state index is 11.5. The molecule has 0 aliphatic carbocycles. The van der Waals surface area contributed by atoms with Crippen LogP contribution in [0.15, 0.2) is 0 Å². The van der Waals surface area contributed by atoms with Crippen molar-refractivity contribution in [1.82, 2.24) is 9.80 Å². The lowest BCUT2D eigenvalue weighted by Gasteiger charge is -2.32. The quantitative estimate of drug-likeness (QED) is 0.573. The molecule has 0 radical (unpaired) electrons. The van der Waals surface area contributed by atoms with E-state index in [0.717, 1.165) is 26.2 Å². The van der Waals surface area contributed by atoms with Gasteiger partial charge in [0.05, 0.1) is 20.6 Å². The maximum atomic E-state index is 11.5. The Morgan fingerprint density at radius 1 is 1.29 bits per heavy atom. The number of esters is 1. The molecule has 2 N–H and O–H groups in total. The molecule has 0 bridgehead atoms. The van der Waals surface area contributed by atoms with Crippen molar-refractivity contribution in [3.63, 3.8) is 0 Å². The van der Waals surface area contributed by atoms with Crippen LogP contribution in [-0.2, 0) is 14.3 Å². The Morgan fingerprint density at radius 3 is 2.35 bits per heavy atom. The van der Waals surface area contributed by atoms with Gasteiger partial charge in [-0.3, -0.25) is 10.2 Å². The zero-order valence-electron chi connectivity index (χ0n) is 10.8. The highest BCUT2D eigenvalue weighted by molar-refractivity contribution is 5.76. The molecule has 1 aliphatic heterocycles. The van der Waals surface area contributed by atoms with E-state index in [2.05, 4.69) is 16.8 Å². The Kier molecular flexibility index (Phi) is 5.54. The van der Waals surface area contributed by atoms with Gasteiger partial charge >= 0.3 is 11.9 Å². The minimum absolute atomic E-state index is 0.0884. The summed E-state index contributed by atoms with van der Waals surface area (Å²) in [5, 5.41) is 1.45. The Balaban J connectivity index is 2.47. The molecule has 0 spiro atoms. The summed E-state index contributed by atoms with van der Waals surface area (Å²) < 4.78 is 4.72. The van der Waals surface area contributed by atoms with Crippen molar-refractivity contribution < 1.29 is 19.6 Å². The van der Waals surface area contributed by atoms with Crippen LogP contribution >= 0.6 is 0 Å². The van der Waals surface area contributed by atoms with Crippen LogP contribution in [-0.4, -0.2) is 74.6 Å². The first-order valence-electron chi connectivity index (χ1n) is 5.87. The van der Waals surface area contributed by atoms with Gasteiger partial charge in [0.15, 0.2) is 0 Å². The van der Waals surface area contributed by atoms with Crippen LogP contribution in [0.1, 0.15) is 6.92 Å². The van der Waals surface area contributed by atoms with E-state index in [4.69, 9.17) is 4.74 Å². The van der Waals surface area contributed by atoms with Crippen LogP contribution in [0.3, 0.4) is 0 Å². The monoisotopic (exact) mass is 244 g/mol. The molecule has 1 amide bonds. The van der Waals surface area contributed by atoms with E-state index in [0.29, 0.717) is 6.54 Å². The minimum Gasteiger partial charge on any atom is -0.465 e. The number of amides is 1. The molecule has 1 atom stereocenters. The number of primary amides is 1. The summed E-state index contributed by atoms with van der Waals surface area (Å²) in [5.74, 6) is -0.423. The number of likely N-dealkylation sites (N-methyl/N-ethyl adjacent to an activating group) is 1. The molecule has 0 aromatic rings. The molecule has 1 saturated heterocycles. The summed E-state index contributed by atoms with van der Waals surface area (Å²) in [5.41, 5.74) is 0. The van der Waals surface area contributed by atoms with Gasteiger partial charge < -0.3 is 9.64 Å². The predicted molar refractivity (Wildman–Crippen MR) is 62.3 cm³/mol.